The minimum absolute atomic E-state index is 0.270. The van der Waals surface area contributed by atoms with Crippen LogP contribution in [0.4, 0.5) is 0 Å². The van der Waals surface area contributed by atoms with Crippen molar-refractivity contribution < 1.29 is 0 Å². The lowest BCUT2D eigenvalue weighted by molar-refractivity contribution is 0.601. The first-order chi connectivity index (χ1) is 9.28. The number of hydrogen-bond acceptors (Lipinski definition) is 4. The first-order valence-corrected chi connectivity index (χ1v) is 9.22. The lowest BCUT2D eigenvalue weighted by atomic mass is 10.2. The third kappa shape index (κ3) is 2.94. The quantitative estimate of drug-likeness (QED) is 0.850. The summed E-state index contributed by atoms with van der Waals surface area (Å²) in [6.07, 6.45) is 4.82. The Bertz CT molecular complexity index is 540. The summed E-state index contributed by atoms with van der Waals surface area (Å²) in [5.41, 5.74) is 1.35. The van der Waals surface area contributed by atoms with Crippen molar-refractivity contribution >= 4 is 38.6 Å². The van der Waals surface area contributed by atoms with Gasteiger partial charge in [0.2, 0.25) is 0 Å². The highest BCUT2D eigenvalue weighted by molar-refractivity contribution is 9.10. The monoisotopic (exact) mass is 356 g/mol. The Morgan fingerprint density at radius 3 is 3.05 bits per heavy atom. The van der Waals surface area contributed by atoms with E-state index < -0.39 is 0 Å². The molecule has 1 unspecified atom stereocenters. The van der Waals surface area contributed by atoms with Crippen molar-refractivity contribution in [3.8, 4) is 0 Å². The highest BCUT2D eigenvalue weighted by atomic mass is 79.9. The third-order valence-electron chi connectivity index (χ3n) is 3.33. The zero-order valence-corrected chi connectivity index (χ0v) is 14.1. The molecule has 5 heteroatoms. The van der Waals surface area contributed by atoms with Gasteiger partial charge in [-0.25, -0.2) is 4.98 Å². The molecule has 0 saturated heterocycles. The molecule has 0 amide bonds. The Balaban J connectivity index is 1.89. The van der Waals surface area contributed by atoms with Gasteiger partial charge in [0, 0.05) is 19.6 Å². The normalized spacial score (nSPS) is 15.7. The molecule has 0 spiro atoms. The van der Waals surface area contributed by atoms with Crippen LogP contribution in [0.15, 0.2) is 15.9 Å². The number of hydrogen-bond donors (Lipinski definition) is 1. The lowest BCUT2D eigenvalue weighted by Gasteiger charge is -2.14. The molecular formula is C14H17BrN2S2. The van der Waals surface area contributed by atoms with Crippen LogP contribution < -0.4 is 5.32 Å². The molecule has 3 rings (SSSR count). The summed E-state index contributed by atoms with van der Waals surface area (Å²) >= 11 is 7.25. The number of halogens is 1. The van der Waals surface area contributed by atoms with E-state index in [1.807, 2.05) is 11.3 Å². The van der Waals surface area contributed by atoms with Crippen molar-refractivity contribution in [3.63, 3.8) is 0 Å². The molecule has 102 valence electrons. The topological polar surface area (TPSA) is 24.9 Å². The number of rotatable bonds is 5. The Morgan fingerprint density at radius 1 is 1.47 bits per heavy atom. The maximum atomic E-state index is 4.88. The van der Waals surface area contributed by atoms with Crippen LogP contribution in [0.2, 0.25) is 0 Å². The van der Waals surface area contributed by atoms with Crippen LogP contribution in [0.3, 0.4) is 0 Å². The SMILES string of the molecule is CCCNC(c1cc(Br)cs1)c1nc2c(s1)CCC2. The number of nitrogens with one attached hydrogen (secondary N) is 1. The van der Waals surface area contributed by atoms with Crippen LogP contribution >= 0.6 is 38.6 Å². The van der Waals surface area contributed by atoms with Crippen LogP contribution in [0.25, 0.3) is 0 Å². The maximum Gasteiger partial charge on any atom is 0.115 e. The lowest BCUT2D eigenvalue weighted by Crippen LogP contribution is -2.22. The molecule has 2 aromatic rings. The molecule has 0 aromatic carbocycles. The van der Waals surface area contributed by atoms with Crippen molar-refractivity contribution in [2.24, 2.45) is 0 Å². The van der Waals surface area contributed by atoms with Crippen molar-refractivity contribution in [1.82, 2.24) is 10.3 Å². The second-order valence-corrected chi connectivity index (χ2v) is 7.80. The second-order valence-electron chi connectivity index (χ2n) is 4.83. The zero-order chi connectivity index (χ0) is 13.2. The van der Waals surface area contributed by atoms with Gasteiger partial charge in [-0.05, 0) is 54.2 Å². The minimum atomic E-state index is 0.270. The van der Waals surface area contributed by atoms with Crippen LogP contribution in [0.1, 0.15) is 46.3 Å². The van der Waals surface area contributed by atoms with Crippen molar-refractivity contribution in [2.45, 2.75) is 38.6 Å². The van der Waals surface area contributed by atoms with E-state index in [0.717, 1.165) is 13.0 Å². The maximum absolute atomic E-state index is 4.88. The van der Waals surface area contributed by atoms with E-state index in [0.29, 0.717) is 0 Å². The number of aromatic nitrogens is 1. The summed E-state index contributed by atoms with van der Waals surface area (Å²) in [5.74, 6) is 0. The average molecular weight is 357 g/mol. The molecule has 0 fully saturated rings. The number of fused-ring (bicyclic) bond motifs is 1. The van der Waals surface area contributed by atoms with E-state index in [2.05, 4.69) is 39.6 Å². The summed E-state index contributed by atoms with van der Waals surface area (Å²) in [6.45, 7) is 3.24. The second kappa shape index (κ2) is 6.04. The summed E-state index contributed by atoms with van der Waals surface area (Å²) in [6, 6.07) is 2.48. The molecular weight excluding hydrogens is 340 g/mol. The molecule has 1 atom stereocenters. The third-order valence-corrected chi connectivity index (χ3v) is 6.31. The van der Waals surface area contributed by atoms with E-state index in [9.17, 15) is 0 Å². The van der Waals surface area contributed by atoms with E-state index in [-0.39, 0.29) is 6.04 Å². The summed E-state index contributed by atoms with van der Waals surface area (Å²) in [4.78, 5) is 7.74. The van der Waals surface area contributed by atoms with Gasteiger partial charge < -0.3 is 5.32 Å². The van der Waals surface area contributed by atoms with E-state index in [1.54, 1.807) is 11.3 Å². The average Bonchev–Trinajstić information content (AvgIpc) is 3.05. The number of aryl methyl sites for hydroxylation is 2. The van der Waals surface area contributed by atoms with Gasteiger partial charge in [0.25, 0.3) is 0 Å². The Morgan fingerprint density at radius 2 is 2.37 bits per heavy atom. The van der Waals surface area contributed by atoms with Crippen molar-refractivity contribution in [1.29, 1.82) is 0 Å². The highest BCUT2D eigenvalue weighted by Gasteiger charge is 2.23. The Kier molecular flexibility index (Phi) is 4.37. The first-order valence-electron chi connectivity index (χ1n) is 6.73. The van der Waals surface area contributed by atoms with Gasteiger partial charge in [-0.2, -0.15) is 0 Å². The number of thiophene rings is 1. The Labute approximate surface area is 130 Å². The summed E-state index contributed by atoms with van der Waals surface area (Å²) in [7, 11) is 0. The van der Waals surface area contributed by atoms with Crippen LogP contribution in [0, 0.1) is 0 Å². The standard InChI is InChI=1S/C14H17BrN2S2/c1-2-6-16-13(12-7-9(15)8-18-12)14-17-10-4-3-5-11(10)19-14/h7-8,13,16H,2-6H2,1H3. The molecule has 19 heavy (non-hydrogen) atoms. The molecule has 1 aliphatic rings. The molecule has 0 radical (unpaired) electrons. The van der Waals surface area contributed by atoms with Crippen LogP contribution in [-0.2, 0) is 12.8 Å². The summed E-state index contributed by atoms with van der Waals surface area (Å²) < 4.78 is 1.17. The predicted molar refractivity (Wildman–Crippen MR) is 86.3 cm³/mol. The minimum Gasteiger partial charge on any atom is -0.304 e. The van der Waals surface area contributed by atoms with E-state index in [1.165, 1.54) is 44.2 Å². The van der Waals surface area contributed by atoms with Gasteiger partial charge in [-0.1, -0.05) is 6.92 Å². The predicted octanol–water partition coefficient (Wildman–Crippen LogP) is 4.54. The van der Waals surface area contributed by atoms with Crippen molar-refractivity contribution in [2.75, 3.05) is 6.54 Å². The van der Waals surface area contributed by atoms with E-state index in [4.69, 9.17) is 4.98 Å². The van der Waals surface area contributed by atoms with Crippen molar-refractivity contribution in [3.05, 3.63) is 36.4 Å². The fourth-order valence-corrected chi connectivity index (χ4v) is 5.26. The molecule has 2 aromatic heterocycles. The summed E-state index contributed by atoms with van der Waals surface area (Å²) in [5, 5.41) is 7.03. The number of nitrogens with zero attached hydrogens (tertiary/aromatic N) is 1. The first kappa shape index (κ1) is 13.7. The molecule has 1 N–H and O–H groups in total. The smallest absolute Gasteiger partial charge is 0.115 e. The fraction of sp³-hybridized carbons (Fsp3) is 0.500. The fourth-order valence-electron chi connectivity index (χ4n) is 2.41. The van der Waals surface area contributed by atoms with Gasteiger partial charge in [0.1, 0.15) is 5.01 Å². The Hall–Kier alpha value is -0.230. The molecule has 0 bridgehead atoms. The van der Waals surface area contributed by atoms with Crippen LogP contribution in [-0.4, -0.2) is 11.5 Å². The van der Waals surface area contributed by atoms with Gasteiger partial charge in [-0.3, -0.25) is 0 Å². The molecule has 2 nitrogen and oxygen atoms in total. The van der Waals surface area contributed by atoms with Gasteiger partial charge >= 0.3 is 0 Å². The molecule has 0 aliphatic heterocycles. The molecule has 0 saturated carbocycles. The molecule has 2 heterocycles. The van der Waals surface area contributed by atoms with Gasteiger partial charge in [0.15, 0.2) is 0 Å². The van der Waals surface area contributed by atoms with E-state index >= 15 is 0 Å². The number of thiazole rings is 1. The van der Waals surface area contributed by atoms with Gasteiger partial charge in [0.05, 0.1) is 11.7 Å². The highest BCUT2D eigenvalue weighted by Crippen LogP contribution is 2.36. The largest absolute Gasteiger partial charge is 0.304 e. The van der Waals surface area contributed by atoms with Crippen LogP contribution in [0.5, 0.6) is 0 Å². The zero-order valence-electron chi connectivity index (χ0n) is 10.9. The molecule has 1 aliphatic carbocycles. The van der Waals surface area contributed by atoms with Gasteiger partial charge in [-0.15, -0.1) is 22.7 Å².